The lowest BCUT2D eigenvalue weighted by Crippen LogP contribution is -2.30. The van der Waals surface area contributed by atoms with Crippen molar-refractivity contribution in [2.24, 2.45) is 0 Å². The lowest BCUT2D eigenvalue weighted by Gasteiger charge is -2.25. The molecule has 0 spiro atoms. The van der Waals surface area contributed by atoms with E-state index < -0.39 is 0 Å². The number of nitrogens with one attached hydrogen (secondary N) is 1. The van der Waals surface area contributed by atoms with Crippen LogP contribution in [0, 0.1) is 0 Å². The van der Waals surface area contributed by atoms with E-state index in [9.17, 15) is 0 Å². The molecule has 0 radical (unpaired) electrons. The second kappa shape index (κ2) is 7.26. The smallest absolute Gasteiger partial charge is 0.0631 e. The van der Waals surface area contributed by atoms with Crippen LogP contribution in [-0.2, 0) is 4.74 Å². The van der Waals surface area contributed by atoms with E-state index in [4.69, 9.17) is 4.74 Å². The van der Waals surface area contributed by atoms with Gasteiger partial charge in [0, 0.05) is 17.1 Å². The second-order valence-electron chi connectivity index (χ2n) is 7.09. The molecular weight excluding hydrogens is 326 g/mol. The lowest BCUT2D eigenvalue weighted by molar-refractivity contribution is -0.0209. The highest BCUT2D eigenvalue weighted by molar-refractivity contribution is 9.10. The Morgan fingerprint density at radius 1 is 1.38 bits per heavy atom. The van der Waals surface area contributed by atoms with E-state index in [1.54, 1.807) is 0 Å². The minimum atomic E-state index is 0.0535. The van der Waals surface area contributed by atoms with Gasteiger partial charge in [0.05, 0.1) is 11.7 Å². The predicted molar refractivity (Wildman–Crippen MR) is 92.8 cm³/mol. The first-order chi connectivity index (χ1) is 9.85. The normalized spacial score (nSPS) is 22.7. The summed E-state index contributed by atoms with van der Waals surface area (Å²) in [7, 11) is 0. The van der Waals surface area contributed by atoms with E-state index in [-0.39, 0.29) is 5.60 Å². The largest absolute Gasteiger partial charge is 0.372 e. The van der Waals surface area contributed by atoms with Gasteiger partial charge < -0.3 is 10.1 Å². The number of halogens is 1. The van der Waals surface area contributed by atoms with Crippen LogP contribution in [0.4, 0.5) is 0 Å². The van der Waals surface area contributed by atoms with E-state index in [0.29, 0.717) is 18.1 Å². The van der Waals surface area contributed by atoms with Crippen molar-refractivity contribution in [3.05, 3.63) is 34.3 Å². The monoisotopic (exact) mass is 353 g/mol. The van der Waals surface area contributed by atoms with Crippen LogP contribution in [0.25, 0.3) is 0 Å². The van der Waals surface area contributed by atoms with Crippen LogP contribution in [0.2, 0.25) is 0 Å². The fourth-order valence-corrected chi connectivity index (χ4v) is 3.45. The molecule has 1 fully saturated rings. The van der Waals surface area contributed by atoms with Gasteiger partial charge in [-0.05, 0) is 56.7 Å². The number of hydrogen-bond donors (Lipinski definition) is 1. The third kappa shape index (κ3) is 5.39. The SMILES string of the molecule is CC(C)NCC(CC1CCC(C)(C)O1)c1cccc(Br)c1. The highest BCUT2D eigenvalue weighted by Crippen LogP contribution is 2.35. The molecule has 2 rings (SSSR count). The molecule has 3 heteroatoms. The molecule has 0 amide bonds. The Balaban J connectivity index is 2.05. The molecule has 0 saturated carbocycles. The Morgan fingerprint density at radius 3 is 2.71 bits per heavy atom. The maximum absolute atomic E-state index is 6.20. The molecule has 0 aliphatic carbocycles. The Labute approximate surface area is 137 Å². The van der Waals surface area contributed by atoms with Crippen molar-refractivity contribution in [2.45, 2.75) is 70.6 Å². The number of benzene rings is 1. The first kappa shape index (κ1) is 17.0. The highest BCUT2D eigenvalue weighted by Gasteiger charge is 2.33. The molecule has 1 saturated heterocycles. The van der Waals surface area contributed by atoms with Crippen molar-refractivity contribution in [3.8, 4) is 0 Å². The molecule has 118 valence electrons. The first-order valence-electron chi connectivity index (χ1n) is 8.02. The van der Waals surface area contributed by atoms with Crippen molar-refractivity contribution >= 4 is 15.9 Å². The van der Waals surface area contributed by atoms with Gasteiger partial charge in [-0.15, -0.1) is 0 Å². The summed E-state index contributed by atoms with van der Waals surface area (Å²) in [4.78, 5) is 0. The second-order valence-corrected chi connectivity index (χ2v) is 8.00. The number of hydrogen-bond acceptors (Lipinski definition) is 2. The molecule has 1 N–H and O–H groups in total. The van der Waals surface area contributed by atoms with Gasteiger partial charge >= 0.3 is 0 Å². The fraction of sp³-hybridized carbons (Fsp3) is 0.667. The third-order valence-corrected chi connectivity index (χ3v) is 4.69. The van der Waals surface area contributed by atoms with Gasteiger partial charge in [0.25, 0.3) is 0 Å². The van der Waals surface area contributed by atoms with Crippen LogP contribution in [-0.4, -0.2) is 24.3 Å². The quantitative estimate of drug-likeness (QED) is 0.786. The molecule has 1 aromatic rings. The maximum atomic E-state index is 6.20. The molecule has 0 bridgehead atoms. The van der Waals surface area contributed by atoms with Gasteiger partial charge in [0.15, 0.2) is 0 Å². The minimum Gasteiger partial charge on any atom is -0.372 e. The molecule has 0 aromatic heterocycles. The summed E-state index contributed by atoms with van der Waals surface area (Å²) >= 11 is 3.59. The summed E-state index contributed by atoms with van der Waals surface area (Å²) in [6, 6.07) is 9.21. The van der Waals surface area contributed by atoms with Gasteiger partial charge in [-0.25, -0.2) is 0 Å². The molecular formula is C18H28BrNO. The molecule has 1 aliphatic rings. The van der Waals surface area contributed by atoms with E-state index in [1.165, 1.54) is 18.4 Å². The van der Waals surface area contributed by atoms with Crippen molar-refractivity contribution in [2.75, 3.05) is 6.54 Å². The van der Waals surface area contributed by atoms with E-state index in [0.717, 1.165) is 17.4 Å². The highest BCUT2D eigenvalue weighted by atomic mass is 79.9. The lowest BCUT2D eigenvalue weighted by atomic mass is 9.91. The Hall–Kier alpha value is -0.380. The van der Waals surface area contributed by atoms with Crippen molar-refractivity contribution in [1.82, 2.24) is 5.32 Å². The molecule has 2 atom stereocenters. The van der Waals surface area contributed by atoms with Crippen molar-refractivity contribution in [1.29, 1.82) is 0 Å². The van der Waals surface area contributed by atoms with E-state index >= 15 is 0 Å². The standard InChI is InChI=1S/C18H28BrNO/c1-13(2)20-12-15(14-6-5-7-16(19)10-14)11-17-8-9-18(3,4)21-17/h5-7,10,13,15,17,20H,8-9,11-12H2,1-4H3. The Kier molecular flexibility index (Phi) is 5.87. The van der Waals surface area contributed by atoms with Crippen LogP contribution in [0.5, 0.6) is 0 Å². The Morgan fingerprint density at radius 2 is 2.14 bits per heavy atom. The molecule has 2 unspecified atom stereocenters. The zero-order valence-electron chi connectivity index (χ0n) is 13.7. The Bertz CT molecular complexity index is 458. The van der Waals surface area contributed by atoms with Gasteiger partial charge in [-0.2, -0.15) is 0 Å². The molecule has 1 aromatic carbocycles. The van der Waals surface area contributed by atoms with Gasteiger partial charge in [-0.3, -0.25) is 0 Å². The molecule has 1 aliphatic heterocycles. The summed E-state index contributed by atoms with van der Waals surface area (Å²) < 4.78 is 7.35. The average Bonchev–Trinajstić information content (AvgIpc) is 2.73. The minimum absolute atomic E-state index is 0.0535. The molecule has 1 heterocycles. The number of ether oxygens (including phenoxy) is 1. The molecule has 2 nitrogen and oxygen atoms in total. The van der Waals surface area contributed by atoms with E-state index in [2.05, 4.69) is 73.2 Å². The predicted octanol–water partition coefficient (Wildman–Crippen LogP) is 4.88. The third-order valence-electron chi connectivity index (χ3n) is 4.19. The zero-order valence-corrected chi connectivity index (χ0v) is 15.2. The summed E-state index contributed by atoms with van der Waals surface area (Å²) in [5.41, 5.74) is 1.45. The van der Waals surface area contributed by atoms with Gasteiger partial charge in [0.1, 0.15) is 0 Å². The maximum Gasteiger partial charge on any atom is 0.0631 e. The van der Waals surface area contributed by atoms with Crippen LogP contribution < -0.4 is 5.32 Å². The summed E-state index contributed by atoms with van der Waals surface area (Å²) in [6.07, 6.45) is 3.83. The van der Waals surface area contributed by atoms with Gasteiger partial charge in [-0.1, -0.05) is 41.9 Å². The van der Waals surface area contributed by atoms with Crippen molar-refractivity contribution in [3.63, 3.8) is 0 Å². The van der Waals surface area contributed by atoms with Crippen LogP contribution in [0.15, 0.2) is 28.7 Å². The summed E-state index contributed by atoms with van der Waals surface area (Å²) in [5.74, 6) is 0.504. The van der Waals surface area contributed by atoms with E-state index in [1.807, 2.05) is 0 Å². The van der Waals surface area contributed by atoms with Gasteiger partial charge in [0.2, 0.25) is 0 Å². The topological polar surface area (TPSA) is 21.3 Å². The molecule has 21 heavy (non-hydrogen) atoms. The first-order valence-corrected chi connectivity index (χ1v) is 8.82. The zero-order chi connectivity index (χ0) is 15.5. The summed E-state index contributed by atoms with van der Waals surface area (Å²) in [5, 5.41) is 3.59. The van der Waals surface area contributed by atoms with Crippen LogP contribution >= 0.6 is 15.9 Å². The van der Waals surface area contributed by atoms with Crippen LogP contribution in [0.1, 0.15) is 58.4 Å². The van der Waals surface area contributed by atoms with Crippen LogP contribution in [0.3, 0.4) is 0 Å². The fourth-order valence-electron chi connectivity index (χ4n) is 3.04. The summed E-state index contributed by atoms with van der Waals surface area (Å²) in [6.45, 7) is 9.82. The van der Waals surface area contributed by atoms with Crippen molar-refractivity contribution < 1.29 is 4.74 Å². The number of rotatable bonds is 6. The average molecular weight is 354 g/mol.